The highest BCUT2D eigenvalue weighted by Gasteiger charge is 2.68. The normalized spacial score (nSPS) is 45.6. The Balaban J connectivity index is 1.66. The molecule has 4 aliphatic heterocycles. The highest BCUT2D eigenvalue weighted by atomic mass is 17.3. The van der Waals surface area contributed by atoms with E-state index in [4.69, 9.17) is 19.2 Å². The zero-order chi connectivity index (χ0) is 17.2. The van der Waals surface area contributed by atoms with Gasteiger partial charge in [0.25, 0.3) is 0 Å². The molecule has 6 atom stereocenters. The molecule has 5 aliphatic rings. The van der Waals surface area contributed by atoms with Gasteiger partial charge >= 0.3 is 0 Å². The van der Waals surface area contributed by atoms with Crippen LogP contribution in [0.2, 0.25) is 0 Å². The van der Waals surface area contributed by atoms with E-state index in [2.05, 4.69) is 18.8 Å². The smallest absolute Gasteiger partial charge is 0.236 e. The van der Waals surface area contributed by atoms with Crippen molar-refractivity contribution >= 4 is 5.76 Å². The maximum atomic E-state index is 6.43. The van der Waals surface area contributed by atoms with E-state index in [9.17, 15) is 0 Å². The molecule has 1 spiro atoms. The lowest BCUT2D eigenvalue weighted by Crippen LogP contribution is -2.66. The highest BCUT2D eigenvalue weighted by Crippen LogP contribution is 2.60. The van der Waals surface area contributed by atoms with Gasteiger partial charge in [0.05, 0.1) is 0 Å². The summed E-state index contributed by atoms with van der Waals surface area (Å²) in [6, 6.07) is 5.90. The number of rotatable bonds is 1. The van der Waals surface area contributed by atoms with E-state index >= 15 is 0 Å². The standard InChI is InChI=1S/C20H25NO4/c1-12-7-8-15-13(2)17(16-6-4-5-11-21-16)22-18-20(15)14(12)9-10-19(3,23-18)24-25-20/h4-6,11-12,14-15,18H,7-10H2,1-3H3/t12-,14+,15+,18-,19+,20-/m1/s1. The fourth-order valence-electron chi connectivity index (χ4n) is 5.37. The fourth-order valence-corrected chi connectivity index (χ4v) is 5.37. The summed E-state index contributed by atoms with van der Waals surface area (Å²) < 4.78 is 12.8. The molecule has 5 heterocycles. The molecular weight excluding hydrogens is 318 g/mol. The Morgan fingerprint density at radius 2 is 2.04 bits per heavy atom. The second-order valence-electron chi connectivity index (χ2n) is 8.20. The van der Waals surface area contributed by atoms with Crippen LogP contribution in [0.5, 0.6) is 0 Å². The molecule has 0 unspecified atom stereocenters. The minimum atomic E-state index is -0.738. The summed E-state index contributed by atoms with van der Waals surface area (Å²) in [6.45, 7) is 6.42. The molecule has 5 heteroatoms. The van der Waals surface area contributed by atoms with Gasteiger partial charge in [-0.3, -0.25) is 4.98 Å². The van der Waals surface area contributed by atoms with Crippen LogP contribution in [0.3, 0.4) is 0 Å². The van der Waals surface area contributed by atoms with Gasteiger partial charge in [-0.1, -0.05) is 13.0 Å². The molecule has 1 aromatic heterocycles. The highest BCUT2D eigenvalue weighted by molar-refractivity contribution is 5.62. The predicted octanol–water partition coefficient (Wildman–Crippen LogP) is 4.06. The number of nitrogens with zero attached hydrogens (tertiary/aromatic N) is 1. The van der Waals surface area contributed by atoms with Crippen molar-refractivity contribution < 1.29 is 19.2 Å². The maximum absolute atomic E-state index is 6.43. The molecule has 1 aromatic rings. The van der Waals surface area contributed by atoms with E-state index < -0.39 is 17.7 Å². The third kappa shape index (κ3) is 2.09. The van der Waals surface area contributed by atoms with Crippen LogP contribution in [0, 0.1) is 17.8 Å². The third-order valence-corrected chi connectivity index (χ3v) is 6.72. The van der Waals surface area contributed by atoms with Gasteiger partial charge in [0.15, 0.2) is 5.60 Å². The quantitative estimate of drug-likeness (QED) is 0.720. The molecule has 0 N–H and O–H groups in total. The first kappa shape index (κ1) is 15.8. The SMILES string of the molecule is CC1=C(c2ccccn2)O[C@@H]2O[C@]3(C)CC[C@H]4[C@H](C)CC[C@@H]1[C@@]24OO3. The Labute approximate surface area is 148 Å². The molecule has 0 aromatic carbocycles. The summed E-state index contributed by atoms with van der Waals surface area (Å²) in [7, 11) is 0. The lowest BCUT2D eigenvalue weighted by Gasteiger charge is -2.57. The zero-order valence-corrected chi connectivity index (χ0v) is 15.0. The average Bonchev–Trinajstić information content (AvgIpc) is 2.85. The van der Waals surface area contributed by atoms with Gasteiger partial charge in [-0.25, -0.2) is 9.78 Å². The number of fused-ring (bicyclic) bond motifs is 2. The van der Waals surface area contributed by atoms with Crippen molar-refractivity contribution in [3.05, 3.63) is 35.7 Å². The van der Waals surface area contributed by atoms with Crippen LogP contribution < -0.4 is 0 Å². The Kier molecular flexibility index (Phi) is 3.34. The van der Waals surface area contributed by atoms with Gasteiger partial charge in [0.1, 0.15) is 11.5 Å². The molecule has 0 amide bonds. The molecular formula is C20H25NO4. The second kappa shape index (κ2) is 5.29. The Morgan fingerprint density at radius 3 is 2.84 bits per heavy atom. The zero-order valence-electron chi connectivity index (χ0n) is 15.0. The molecule has 0 radical (unpaired) electrons. The van der Waals surface area contributed by atoms with Crippen molar-refractivity contribution in [2.75, 3.05) is 0 Å². The molecule has 4 fully saturated rings. The predicted molar refractivity (Wildman–Crippen MR) is 90.7 cm³/mol. The van der Waals surface area contributed by atoms with Gasteiger partial charge in [-0.05, 0) is 56.7 Å². The van der Waals surface area contributed by atoms with Crippen molar-refractivity contribution in [3.8, 4) is 0 Å². The van der Waals surface area contributed by atoms with E-state index in [0.717, 1.165) is 30.7 Å². The van der Waals surface area contributed by atoms with Crippen LogP contribution in [-0.2, 0) is 19.2 Å². The van der Waals surface area contributed by atoms with Crippen molar-refractivity contribution in [1.82, 2.24) is 4.98 Å². The molecule has 25 heavy (non-hydrogen) atoms. The summed E-state index contributed by atoms with van der Waals surface area (Å²) in [4.78, 5) is 16.5. The number of aromatic nitrogens is 1. The second-order valence-corrected chi connectivity index (χ2v) is 8.20. The van der Waals surface area contributed by atoms with Crippen molar-refractivity contribution in [1.29, 1.82) is 0 Å². The van der Waals surface area contributed by atoms with Gasteiger partial charge in [-0.15, -0.1) is 0 Å². The number of pyridine rings is 1. The fraction of sp³-hybridized carbons (Fsp3) is 0.650. The summed E-state index contributed by atoms with van der Waals surface area (Å²) in [5, 5.41) is 0. The Morgan fingerprint density at radius 1 is 1.16 bits per heavy atom. The van der Waals surface area contributed by atoms with E-state index in [1.165, 1.54) is 12.0 Å². The molecule has 1 saturated carbocycles. The van der Waals surface area contributed by atoms with Gasteiger partial charge < -0.3 is 9.47 Å². The van der Waals surface area contributed by atoms with Crippen molar-refractivity contribution in [2.45, 2.75) is 64.1 Å². The van der Waals surface area contributed by atoms with Gasteiger partial charge in [0, 0.05) is 24.5 Å². The van der Waals surface area contributed by atoms with Crippen LogP contribution in [0.4, 0.5) is 0 Å². The minimum absolute atomic E-state index is 0.229. The summed E-state index contributed by atoms with van der Waals surface area (Å²) in [6.07, 6.45) is 5.47. The first-order valence-electron chi connectivity index (χ1n) is 9.37. The maximum Gasteiger partial charge on any atom is 0.236 e. The van der Waals surface area contributed by atoms with Crippen molar-refractivity contribution in [3.63, 3.8) is 0 Å². The van der Waals surface area contributed by atoms with E-state index in [-0.39, 0.29) is 5.92 Å². The van der Waals surface area contributed by atoms with Crippen LogP contribution in [-0.4, -0.2) is 22.7 Å². The van der Waals surface area contributed by atoms with E-state index in [1.807, 2.05) is 25.1 Å². The molecule has 2 bridgehead atoms. The molecule has 5 nitrogen and oxygen atoms in total. The largest absolute Gasteiger partial charge is 0.459 e. The summed E-state index contributed by atoms with van der Waals surface area (Å²) in [5.41, 5.74) is 1.51. The number of ether oxygens (including phenoxy) is 2. The van der Waals surface area contributed by atoms with Crippen molar-refractivity contribution in [2.24, 2.45) is 17.8 Å². The van der Waals surface area contributed by atoms with E-state index in [0.29, 0.717) is 11.8 Å². The van der Waals surface area contributed by atoms with E-state index in [1.54, 1.807) is 6.20 Å². The van der Waals surface area contributed by atoms with Crippen LogP contribution in [0.15, 0.2) is 30.0 Å². The average molecular weight is 343 g/mol. The topological polar surface area (TPSA) is 49.8 Å². The lowest BCUT2D eigenvalue weighted by molar-refractivity contribution is -0.553. The molecule has 134 valence electrons. The first-order chi connectivity index (χ1) is 12.0. The van der Waals surface area contributed by atoms with Crippen LogP contribution >= 0.6 is 0 Å². The Hall–Kier alpha value is -1.43. The third-order valence-electron chi connectivity index (χ3n) is 6.72. The molecule has 1 aliphatic carbocycles. The van der Waals surface area contributed by atoms with Crippen LogP contribution in [0.25, 0.3) is 5.76 Å². The molecule has 3 saturated heterocycles. The summed E-state index contributed by atoms with van der Waals surface area (Å²) >= 11 is 0. The van der Waals surface area contributed by atoms with Crippen LogP contribution in [0.1, 0.15) is 52.1 Å². The molecule has 6 rings (SSSR count). The first-order valence-corrected chi connectivity index (χ1v) is 9.37. The Bertz CT molecular complexity index is 720. The number of hydrogen-bond acceptors (Lipinski definition) is 5. The van der Waals surface area contributed by atoms with Gasteiger partial charge in [0.2, 0.25) is 12.1 Å². The minimum Gasteiger partial charge on any atom is -0.459 e. The number of hydrogen-bond donors (Lipinski definition) is 0. The lowest BCUT2D eigenvalue weighted by atomic mass is 9.59. The van der Waals surface area contributed by atoms with Gasteiger partial charge in [-0.2, -0.15) is 0 Å². The monoisotopic (exact) mass is 343 g/mol. The summed E-state index contributed by atoms with van der Waals surface area (Å²) in [5.74, 6) is 1.28.